The van der Waals surface area contributed by atoms with E-state index in [-0.39, 0.29) is 0 Å². The normalized spacial score (nSPS) is 14.0. The van der Waals surface area contributed by atoms with Gasteiger partial charge in [-0.05, 0) is 54.2 Å². The maximum atomic E-state index is 12.5. The number of para-hydroxylation sites is 1. The first-order valence-corrected chi connectivity index (χ1v) is 9.49. The van der Waals surface area contributed by atoms with Crippen LogP contribution in [0, 0.1) is 0 Å². The molecule has 0 bridgehead atoms. The van der Waals surface area contributed by atoms with Gasteiger partial charge in [0.1, 0.15) is 0 Å². The van der Waals surface area contributed by atoms with Gasteiger partial charge in [0, 0.05) is 5.33 Å². The first kappa shape index (κ1) is 14.6. The molecule has 0 saturated heterocycles. The molecule has 0 radical (unpaired) electrons. The van der Waals surface area contributed by atoms with Gasteiger partial charge in [0.25, 0.3) is 10.0 Å². The molecular formula is C16H16BrNO2S. The van der Waals surface area contributed by atoms with E-state index in [2.05, 4.69) is 20.7 Å². The first-order valence-electron chi connectivity index (χ1n) is 6.88. The van der Waals surface area contributed by atoms with Crippen LogP contribution in [-0.2, 0) is 28.2 Å². The average molecular weight is 366 g/mol. The highest BCUT2D eigenvalue weighted by atomic mass is 79.9. The van der Waals surface area contributed by atoms with Crippen LogP contribution in [0.3, 0.4) is 0 Å². The summed E-state index contributed by atoms with van der Waals surface area (Å²) in [6, 6.07) is 12.8. The number of halogens is 1. The van der Waals surface area contributed by atoms with Gasteiger partial charge in [0.05, 0.1) is 10.6 Å². The summed E-state index contributed by atoms with van der Waals surface area (Å²) in [7, 11) is -3.54. The summed E-state index contributed by atoms with van der Waals surface area (Å²) in [5.74, 6) is 0. The molecule has 110 valence electrons. The van der Waals surface area contributed by atoms with Crippen molar-refractivity contribution in [2.45, 2.75) is 29.5 Å². The predicted octanol–water partition coefficient (Wildman–Crippen LogP) is 3.87. The van der Waals surface area contributed by atoms with Crippen LogP contribution >= 0.6 is 15.9 Å². The Morgan fingerprint density at radius 2 is 1.81 bits per heavy atom. The number of fused-ring (bicyclic) bond motifs is 1. The molecule has 2 aromatic rings. The van der Waals surface area contributed by atoms with Crippen LogP contribution in [0.5, 0.6) is 0 Å². The smallest absolute Gasteiger partial charge is 0.261 e. The minimum absolute atomic E-state index is 0.340. The van der Waals surface area contributed by atoms with E-state index in [1.54, 1.807) is 18.2 Å². The summed E-state index contributed by atoms with van der Waals surface area (Å²) < 4.78 is 27.8. The summed E-state index contributed by atoms with van der Waals surface area (Å²) in [5.41, 5.74) is 3.97. The molecule has 1 N–H and O–H groups in total. The van der Waals surface area contributed by atoms with Gasteiger partial charge in [-0.2, -0.15) is 0 Å². The molecule has 0 amide bonds. The Labute approximate surface area is 133 Å². The second kappa shape index (κ2) is 5.81. The lowest BCUT2D eigenvalue weighted by atomic mass is 10.1. The number of aryl methyl sites for hydroxylation is 2. The van der Waals surface area contributed by atoms with Gasteiger partial charge in [-0.25, -0.2) is 8.42 Å². The maximum Gasteiger partial charge on any atom is 0.261 e. The van der Waals surface area contributed by atoms with E-state index in [4.69, 9.17) is 0 Å². The minimum atomic E-state index is -3.54. The lowest BCUT2D eigenvalue weighted by Crippen LogP contribution is -2.14. The standard InChI is InChI=1S/C16H16BrNO2S/c17-11-14-4-1-2-7-16(14)18-21(19,20)15-9-8-12-5-3-6-13(12)10-15/h1-2,4,7-10,18H,3,5-6,11H2. The lowest BCUT2D eigenvalue weighted by Gasteiger charge is -2.12. The van der Waals surface area contributed by atoms with Gasteiger partial charge < -0.3 is 0 Å². The number of hydrogen-bond acceptors (Lipinski definition) is 2. The zero-order valence-electron chi connectivity index (χ0n) is 11.5. The monoisotopic (exact) mass is 365 g/mol. The molecule has 0 unspecified atom stereocenters. The number of hydrogen-bond donors (Lipinski definition) is 1. The van der Waals surface area contributed by atoms with E-state index in [1.807, 2.05) is 24.3 Å². The zero-order valence-corrected chi connectivity index (χ0v) is 13.9. The Balaban J connectivity index is 1.94. The van der Waals surface area contributed by atoms with E-state index in [0.29, 0.717) is 15.9 Å². The van der Waals surface area contributed by atoms with E-state index in [0.717, 1.165) is 30.4 Å². The number of sulfonamides is 1. The Morgan fingerprint density at radius 1 is 1.05 bits per heavy atom. The van der Waals surface area contributed by atoms with Crippen molar-refractivity contribution in [3.8, 4) is 0 Å². The average Bonchev–Trinajstić information content (AvgIpc) is 2.95. The van der Waals surface area contributed by atoms with Crippen LogP contribution in [0.1, 0.15) is 23.1 Å². The fraction of sp³-hybridized carbons (Fsp3) is 0.250. The van der Waals surface area contributed by atoms with Crippen LogP contribution < -0.4 is 4.72 Å². The third kappa shape index (κ3) is 2.99. The molecule has 21 heavy (non-hydrogen) atoms. The van der Waals surface area contributed by atoms with Crippen molar-refractivity contribution in [2.75, 3.05) is 4.72 Å². The number of anilines is 1. The van der Waals surface area contributed by atoms with Crippen molar-refractivity contribution in [1.82, 2.24) is 0 Å². The van der Waals surface area contributed by atoms with Gasteiger partial charge in [-0.3, -0.25) is 4.72 Å². The van der Waals surface area contributed by atoms with Crippen LogP contribution in [0.2, 0.25) is 0 Å². The van der Waals surface area contributed by atoms with Crippen LogP contribution in [0.25, 0.3) is 0 Å². The summed E-state index contributed by atoms with van der Waals surface area (Å²) in [5, 5.41) is 0.607. The second-order valence-electron chi connectivity index (χ2n) is 5.18. The summed E-state index contributed by atoms with van der Waals surface area (Å²) in [6.07, 6.45) is 3.13. The van der Waals surface area contributed by atoms with E-state index >= 15 is 0 Å². The highest BCUT2D eigenvalue weighted by Gasteiger charge is 2.19. The van der Waals surface area contributed by atoms with Gasteiger partial charge in [-0.1, -0.05) is 40.2 Å². The van der Waals surface area contributed by atoms with Gasteiger partial charge in [0.2, 0.25) is 0 Å². The van der Waals surface area contributed by atoms with Crippen molar-refractivity contribution >= 4 is 31.6 Å². The number of nitrogens with one attached hydrogen (secondary N) is 1. The second-order valence-corrected chi connectivity index (χ2v) is 7.42. The molecule has 0 spiro atoms. The van der Waals surface area contributed by atoms with Crippen LogP contribution in [0.4, 0.5) is 5.69 Å². The third-order valence-corrected chi connectivity index (χ3v) is 5.75. The predicted molar refractivity (Wildman–Crippen MR) is 88.3 cm³/mol. The molecule has 0 heterocycles. The van der Waals surface area contributed by atoms with Crippen LogP contribution in [-0.4, -0.2) is 8.42 Å². The molecule has 3 rings (SSSR count). The molecule has 0 aromatic heterocycles. The fourth-order valence-electron chi connectivity index (χ4n) is 2.66. The summed E-state index contributed by atoms with van der Waals surface area (Å²) >= 11 is 3.38. The molecule has 3 nitrogen and oxygen atoms in total. The molecule has 1 aliphatic rings. The Kier molecular flexibility index (Phi) is 4.04. The molecule has 0 saturated carbocycles. The first-order chi connectivity index (χ1) is 10.1. The van der Waals surface area contributed by atoms with Crippen molar-refractivity contribution in [2.24, 2.45) is 0 Å². The summed E-state index contributed by atoms with van der Waals surface area (Å²) in [4.78, 5) is 0.340. The fourth-order valence-corrected chi connectivity index (χ4v) is 4.30. The van der Waals surface area contributed by atoms with E-state index in [9.17, 15) is 8.42 Å². The third-order valence-electron chi connectivity index (χ3n) is 3.79. The molecular weight excluding hydrogens is 350 g/mol. The molecule has 2 aromatic carbocycles. The van der Waals surface area contributed by atoms with Crippen LogP contribution in [0.15, 0.2) is 47.4 Å². The molecule has 0 fully saturated rings. The number of rotatable bonds is 4. The van der Waals surface area contributed by atoms with Gasteiger partial charge in [-0.15, -0.1) is 0 Å². The highest BCUT2D eigenvalue weighted by molar-refractivity contribution is 9.08. The Hall–Kier alpha value is -1.33. The van der Waals surface area contributed by atoms with Crippen molar-refractivity contribution in [3.63, 3.8) is 0 Å². The topological polar surface area (TPSA) is 46.2 Å². The van der Waals surface area contributed by atoms with Crippen molar-refractivity contribution in [3.05, 3.63) is 59.2 Å². The van der Waals surface area contributed by atoms with Crippen molar-refractivity contribution < 1.29 is 8.42 Å². The molecule has 5 heteroatoms. The SMILES string of the molecule is O=S(=O)(Nc1ccccc1CBr)c1ccc2c(c1)CCC2. The van der Waals surface area contributed by atoms with Gasteiger partial charge in [0.15, 0.2) is 0 Å². The summed E-state index contributed by atoms with van der Waals surface area (Å²) in [6.45, 7) is 0. The van der Waals surface area contributed by atoms with Gasteiger partial charge >= 0.3 is 0 Å². The number of benzene rings is 2. The quantitative estimate of drug-likeness (QED) is 0.835. The van der Waals surface area contributed by atoms with Crippen molar-refractivity contribution in [1.29, 1.82) is 0 Å². The number of alkyl halides is 1. The molecule has 0 aliphatic heterocycles. The maximum absolute atomic E-state index is 12.5. The molecule has 1 aliphatic carbocycles. The zero-order chi connectivity index (χ0) is 14.9. The molecule has 0 atom stereocenters. The van der Waals surface area contributed by atoms with E-state index in [1.165, 1.54) is 5.56 Å². The Morgan fingerprint density at radius 3 is 2.62 bits per heavy atom. The minimum Gasteiger partial charge on any atom is -0.279 e. The lowest BCUT2D eigenvalue weighted by molar-refractivity contribution is 0.601. The largest absolute Gasteiger partial charge is 0.279 e. The Bertz CT molecular complexity index is 772. The van der Waals surface area contributed by atoms with E-state index < -0.39 is 10.0 Å². The highest BCUT2D eigenvalue weighted by Crippen LogP contribution is 2.27.